The maximum absolute atomic E-state index is 13.0. The number of halogens is 3. The van der Waals surface area contributed by atoms with Crippen LogP contribution < -0.4 is 10.9 Å². The smallest absolute Gasteiger partial charge is 0.368 e. The Bertz CT molecular complexity index is 642. The number of ether oxygens (including phenoxy) is 1. The van der Waals surface area contributed by atoms with Gasteiger partial charge in [-0.05, 0) is 36.8 Å². The molecule has 1 aromatic rings. The van der Waals surface area contributed by atoms with Crippen LogP contribution in [0.5, 0.6) is 0 Å². The minimum Gasteiger partial charge on any atom is -0.368 e. The molecule has 1 aliphatic heterocycles. The number of hydrogen-bond acceptors (Lipinski definition) is 3. The molecule has 130 valence electrons. The number of benzene rings is 1. The highest BCUT2D eigenvalue weighted by molar-refractivity contribution is 5.87. The average Bonchev–Trinajstić information content (AvgIpc) is 3.16. The fourth-order valence-electron chi connectivity index (χ4n) is 2.99. The number of carbonyl (C=O) groups is 2. The van der Waals surface area contributed by atoms with Gasteiger partial charge in [-0.25, -0.2) is 0 Å². The number of hydrazine groups is 1. The summed E-state index contributed by atoms with van der Waals surface area (Å²) in [5, 5.41) is 0. The molecular formula is C16H17F3N2O3. The Hall–Kier alpha value is -2.09. The molecule has 1 heterocycles. The first-order valence-electron chi connectivity index (χ1n) is 7.75. The lowest BCUT2D eigenvalue weighted by Crippen LogP contribution is -2.47. The lowest BCUT2D eigenvalue weighted by atomic mass is 10.0. The van der Waals surface area contributed by atoms with Crippen molar-refractivity contribution in [3.05, 3.63) is 35.4 Å². The van der Waals surface area contributed by atoms with Gasteiger partial charge in [0.1, 0.15) is 6.10 Å². The van der Waals surface area contributed by atoms with Crippen molar-refractivity contribution in [3.8, 4) is 0 Å². The highest BCUT2D eigenvalue weighted by Crippen LogP contribution is 2.50. The minimum atomic E-state index is -4.45. The van der Waals surface area contributed by atoms with Crippen molar-refractivity contribution >= 4 is 11.8 Å². The van der Waals surface area contributed by atoms with Gasteiger partial charge in [0.25, 0.3) is 5.91 Å². The lowest BCUT2D eigenvalue weighted by molar-refractivity contribution is -0.138. The number of rotatable bonds is 3. The summed E-state index contributed by atoms with van der Waals surface area (Å²) in [5.74, 6) is -1.97. The molecule has 5 nitrogen and oxygen atoms in total. The quantitative estimate of drug-likeness (QED) is 0.827. The first kappa shape index (κ1) is 16.8. The monoisotopic (exact) mass is 342 g/mol. The first-order valence-corrected chi connectivity index (χ1v) is 7.75. The molecule has 2 aliphatic rings. The van der Waals surface area contributed by atoms with E-state index in [2.05, 4.69) is 10.9 Å². The summed E-state index contributed by atoms with van der Waals surface area (Å²) < 4.78 is 44.2. The van der Waals surface area contributed by atoms with E-state index in [1.165, 1.54) is 18.2 Å². The van der Waals surface area contributed by atoms with E-state index < -0.39 is 41.5 Å². The fraction of sp³-hybridized carbons (Fsp3) is 0.500. The Kier molecular flexibility index (Phi) is 4.49. The molecule has 3 atom stereocenters. The van der Waals surface area contributed by atoms with Gasteiger partial charge in [-0.2, -0.15) is 13.2 Å². The van der Waals surface area contributed by atoms with Crippen LogP contribution in [-0.4, -0.2) is 24.5 Å². The SMILES string of the molecule is O=C(NNC(=O)C1CC1c1ccccc1C(F)(F)F)C1CCCO1. The van der Waals surface area contributed by atoms with Crippen LogP contribution in [0.4, 0.5) is 13.2 Å². The molecule has 1 aromatic carbocycles. The lowest BCUT2D eigenvalue weighted by Gasteiger charge is -2.13. The summed E-state index contributed by atoms with van der Waals surface area (Å²) >= 11 is 0. The van der Waals surface area contributed by atoms with Crippen LogP contribution in [0.3, 0.4) is 0 Å². The summed E-state index contributed by atoms with van der Waals surface area (Å²) in [4.78, 5) is 23.8. The van der Waals surface area contributed by atoms with Crippen LogP contribution in [-0.2, 0) is 20.5 Å². The molecule has 2 N–H and O–H groups in total. The summed E-state index contributed by atoms with van der Waals surface area (Å²) in [7, 11) is 0. The highest BCUT2D eigenvalue weighted by Gasteiger charge is 2.48. The topological polar surface area (TPSA) is 67.4 Å². The van der Waals surface area contributed by atoms with Crippen LogP contribution in [0.15, 0.2) is 24.3 Å². The van der Waals surface area contributed by atoms with Crippen LogP contribution >= 0.6 is 0 Å². The van der Waals surface area contributed by atoms with Crippen LogP contribution in [0.1, 0.15) is 36.3 Å². The van der Waals surface area contributed by atoms with Crippen molar-refractivity contribution in [2.45, 2.75) is 37.5 Å². The van der Waals surface area contributed by atoms with E-state index in [4.69, 9.17) is 4.74 Å². The van der Waals surface area contributed by atoms with Crippen LogP contribution in [0.25, 0.3) is 0 Å². The van der Waals surface area contributed by atoms with Gasteiger partial charge in [0.05, 0.1) is 5.56 Å². The molecule has 2 fully saturated rings. The second-order valence-corrected chi connectivity index (χ2v) is 6.01. The third kappa shape index (κ3) is 3.53. The molecule has 1 saturated heterocycles. The molecular weight excluding hydrogens is 325 g/mol. The van der Waals surface area contributed by atoms with Gasteiger partial charge < -0.3 is 4.74 Å². The predicted octanol–water partition coefficient (Wildman–Crippen LogP) is 2.14. The Morgan fingerprint density at radius 3 is 2.50 bits per heavy atom. The Labute approximate surface area is 136 Å². The standard InChI is InChI=1S/C16H17F3N2O3/c17-16(18,19)12-5-2-1-4-9(12)10-8-11(10)14(22)20-21-15(23)13-6-3-7-24-13/h1-2,4-5,10-11,13H,3,6-8H2,(H,20,22)(H,21,23). The van der Waals surface area contributed by atoms with Gasteiger partial charge in [-0.15, -0.1) is 0 Å². The van der Waals surface area contributed by atoms with E-state index >= 15 is 0 Å². The third-order valence-corrected chi connectivity index (χ3v) is 4.32. The van der Waals surface area contributed by atoms with E-state index in [1.54, 1.807) is 0 Å². The van der Waals surface area contributed by atoms with E-state index in [0.29, 0.717) is 19.4 Å². The first-order chi connectivity index (χ1) is 11.4. The number of nitrogens with one attached hydrogen (secondary N) is 2. The van der Waals surface area contributed by atoms with Crippen LogP contribution in [0.2, 0.25) is 0 Å². The molecule has 24 heavy (non-hydrogen) atoms. The van der Waals surface area contributed by atoms with Crippen molar-refractivity contribution in [3.63, 3.8) is 0 Å². The molecule has 0 aromatic heterocycles. The van der Waals surface area contributed by atoms with Crippen molar-refractivity contribution < 1.29 is 27.5 Å². The molecule has 3 rings (SSSR count). The number of amides is 2. The number of alkyl halides is 3. The molecule has 1 aliphatic carbocycles. The van der Waals surface area contributed by atoms with Gasteiger partial charge in [0.15, 0.2) is 0 Å². The summed E-state index contributed by atoms with van der Waals surface area (Å²) in [6.45, 7) is 0.505. The molecule has 0 bridgehead atoms. The molecule has 2 amide bonds. The van der Waals surface area contributed by atoms with Crippen molar-refractivity contribution in [1.29, 1.82) is 0 Å². The van der Waals surface area contributed by atoms with E-state index in [-0.39, 0.29) is 5.56 Å². The predicted molar refractivity (Wildman–Crippen MR) is 77.6 cm³/mol. The van der Waals surface area contributed by atoms with Crippen molar-refractivity contribution in [2.75, 3.05) is 6.61 Å². The van der Waals surface area contributed by atoms with Gasteiger partial charge in [-0.3, -0.25) is 20.4 Å². The van der Waals surface area contributed by atoms with E-state index in [9.17, 15) is 22.8 Å². The minimum absolute atomic E-state index is 0.121. The van der Waals surface area contributed by atoms with Gasteiger partial charge in [0.2, 0.25) is 5.91 Å². The van der Waals surface area contributed by atoms with E-state index in [1.807, 2.05) is 0 Å². The van der Waals surface area contributed by atoms with Gasteiger partial charge in [-0.1, -0.05) is 18.2 Å². The second-order valence-electron chi connectivity index (χ2n) is 6.01. The Morgan fingerprint density at radius 1 is 1.12 bits per heavy atom. The largest absolute Gasteiger partial charge is 0.416 e. The molecule has 1 saturated carbocycles. The van der Waals surface area contributed by atoms with Crippen molar-refractivity contribution in [2.24, 2.45) is 5.92 Å². The van der Waals surface area contributed by atoms with Crippen LogP contribution in [0, 0.1) is 5.92 Å². The summed E-state index contributed by atoms with van der Waals surface area (Å²) in [5.41, 5.74) is 3.96. The Balaban J connectivity index is 1.57. The fourth-order valence-corrected chi connectivity index (χ4v) is 2.99. The maximum atomic E-state index is 13.0. The highest BCUT2D eigenvalue weighted by atomic mass is 19.4. The zero-order valence-corrected chi connectivity index (χ0v) is 12.7. The number of carbonyl (C=O) groups excluding carboxylic acids is 2. The summed E-state index contributed by atoms with van der Waals surface area (Å²) in [6, 6.07) is 5.26. The Morgan fingerprint density at radius 2 is 1.83 bits per heavy atom. The second kappa shape index (κ2) is 6.43. The zero-order valence-electron chi connectivity index (χ0n) is 12.7. The molecule has 0 spiro atoms. The number of hydrogen-bond donors (Lipinski definition) is 2. The maximum Gasteiger partial charge on any atom is 0.416 e. The van der Waals surface area contributed by atoms with Gasteiger partial charge in [0, 0.05) is 12.5 Å². The van der Waals surface area contributed by atoms with Crippen molar-refractivity contribution in [1.82, 2.24) is 10.9 Å². The normalized spacial score (nSPS) is 26.0. The molecule has 3 unspecified atom stereocenters. The average molecular weight is 342 g/mol. The third-order valence-electron chi connectivity index (χ3n) is 4.32. The van der Waals surface area contributed by atoms with Gasteiger partial charge >= 0.3 is 6.18 Å². The van der Waals surface area contributed by atoms with E-state index in [0.717, 1.165) is 12.5 Å². The zero-order chi connectivity index (χ0) is 17.3. The molecule has 0 radical (unpaired) electrons. The molecule has 8 heteroatoms. The summed E-state index contributed by atoms with van der Waals surface area (Å²) in [6.07, 6.45) is -3.33.